The largest absolute Gasteiger partial charge is 0.478 e. The standard InChI is InChI=1S/C13H14ClNO2/c1-13(2,3)15-7-10(14)9-6-8(12(16)17)4-5-11(9)15/h4-7H,1-3H3,(H,16,17). The Labute approximate surface area is 105 Å². The Bertz CT molecular complexity index is 593. The predicted molar refractivity (Wildman–Crippen MR) is 68.9 cm³/mol. The van der Waals surface area contributed by atoms with Gasteiger partial charge in [-0.15, -0.1) is 0 Å². The average molecular weight is 252 g/mol. The number of carboxylic acid groups (broad SMARTS) is 1. The number of fused-ring (bicyclic) bond motifs is 1. The van der Waals surface area contributed by atoms with Crippen molar-refractivity contribution in [3.8, 4) is 0 Å². The Morgan fingerprint density at radius 2 is 2.00 bits per heavy atom. The van der Waals surface area contributed by atoms with E-state index in [1.54, 1.807) is 18.2 Å². The van der Waals surface area contributed by atoms with Crippen LogP contribution in [0.25, 0.3) is 10.9 Å². The van der Waals surface area contributed by atoms with Crippen molar-refractivity contribution in [3.63, 3.8) is 0 Å². The fourth-order valence-corrected chi connectivity index (χ4v) is 2.13. The van der Waals surface area contributed by atoms with Gasteiger partial charge in [-0.05, 0) is 39.0 Å². The normalized spacial score (nSPS) is 12.0. The fourth-order valence-electron chi connectivity index (χ4n) is 1.88. The maximum Gasteiger partial charge on any atom is 0.335 e. The molecule has 3 nitrogen and oxygen atoms in total. The molecule has 2 rings (SSSR count). The van der Waals surface area contributed by atoms with Crippen molar-refractivity contribution in [2.75, 3.05) is 0 Å². The summed E-state index contributed by atoms with van der Waals surface area (Å²) < 4.78 is 2.05. The number of benzene rings is 1. The highest BCUT2D eigenvalue weighted by atomic mass is 35.5. The third-order valence-electron chi connectivity index (χ3n) is 2.73. The molecule has 17 heavy (non-hydrogen) atoms. The van der Waals surface area contributed by atoms with Crippen LogP contribution < -0.4 is 0 Å². The summed E-state index contributed by atoms with van der Waals surface area (Å²) in [5, 5.41) is 10.3. The van der Waals surface area contributed by atoms with E-state index in [0.29, 0.717) is 5.02 Å². The first-order valence-corrected chi connectivity index (χ1v) is 5.73. The van der Waals surface area contributed by atoms with Gasteiger partial charge in [0.05, 0.1) is 16.1 Å². The monoisotopic (exact) mass is 251 g/mol. The molecule has 2 aromatic rings. The smallest absolute Gasteiger partial charge is 0.335 e. The lowest BCUT2D eigenvalue weighted by Gasteiger charge is -2.22. The third kappa shape index (κ3) is 2.03. The van der Waals surface area contributed by atoms with Crippen LogP contribution in [-0.4, -0.2) is 15.6 Å². The molecule has 0 unspecified atom stereocenters. The van der Waals surface area contributed by atoms with Crippen molar-refractivity contribution in [1.29, 1.82) is 0 Å². The molecule has 0 aliphatic heterocycles. The molecule has 90 valence electrons. The molecule has 1 aromatic heterocycles. The van der Waals surface area contributed by atoms with Gasteiger partial charge in [-0.1, -0.05) is 11.6 Å². The topological polar surface area (TPSA) is 42.2 Å². The molecule has 1 heterocycles. The number of hydrogen-bond donors (Lipinski definition) is 1. The molecule has 4 heteroatoms. The van der Waals surface area contributed by atoms with Crippen molar-refractivity contribution in [3.05, 3.63) is 35.0 Å². The van der Waals surface area contributed by atoms with Gasteiger partial charge in [0.2, 0.25) is 0 Å². The van der Waals surface area contributed by atoms with Gasteiger partial charge in [0.25, 0.3) is 0 Å². The second-order valence-electron chi connectivity index (χ2n) is 5.05. The molecule has 0 spiro atoms. The molecule has 1 N–H and O–H groups in total. The van der Waals surface area contributed by atoms with Gasteiger partial charge in [0.15, 0.2) is 0 Å². The second kappa shape index (κ2) is 3.77. The van der Waals surface area contributed by atoms with Crippen LogP contribution in [0.3, 0.4) is 0 Å². The van der Waals surface area contributed by atoms with Gasteiger partial charge in [-0.25, -0.2) is 4.79 Å². The fraction of sp³-hybridized carbons (Fsp3) is 0.308. The summed E-state index contributed by atoms with van der Waals surface area (Å²) in [7, 11) is 0. The van der Waals surface area contributed by atoms with Crippen LogP contribution in [0.15, 0.2) is 24.4 Å². The van der Waals surface area contributed by atoms with Gasteiger partial charge in [-0.2, -0.15) is 0 Å². The number of hydrogen-bond acceptors (Lipinski definition) is 1. The molecule has 0 saturated heterocycles. The predicted octanol–water partition coefficient (Wildman–Crippen LogP) is 3.75. The van der Waals surface area contributed by atoms with Gasteiger partial charge >= 0.3 is 5.97 Å². The van der Waals surface area contributed by atoms with Crippen LogP contribution in [-0.2, 0) is 5.54 Å². The Kier molecular flexibility index (Phi) is 2.66. The first-order valence-electron chi connectivity index (χ1n) is 5.35. The van der Waals surface area contributed by atoms with Crippen LogP contribution in [0.5, 0.6) is 0 Å². The SMILES string of the molecule is CC(C)(C)n1cc(Cl)c2cc(C(=O)O)ccc21. The van der Waals surface area contributed by atoms with Crippen molar-refractivity contribution < 1.29 is 9.90 Å². The van der Waals surface area contributed by atoms with E-state index in [1.807, 2.05) is 6.20 Å². The molecule has 0 bridgehead atoms. The van der Waals surface area contributed by atoms with E-state index in [4.69, 9.17) is 16.7 Å². The van der Waals surface area contributed by atoms with E-state index in [-0.39, 0.29) is 11.1 Å². The van der Waals surface area contributed by atoms with Crippen molar-refractivity contribution >= 4 is 28.5 Å². The Morgan fingerprint density at radius 3 is 2.53 bits per heavy atom. The lowest BCUT2D eigenvalue weighted by molar-refractivity contribution is 0.0697. The van der Waals surface area contributed by atoms with E-state index in [2.05, 4.69) is 25.3 Å². The zero-order valence-corrected chi connectivity index (χ0v) is 10.7. The number of rotatable bonds is 1. The summed E-state index contributed by atoms with van der Waals surface area (Å²) in [6.07, 6.45) is 1.85. The lowest BCUT2D eigenvalue weighted by Crippen LogP contribution is -2.20. The average Bonchev–Trinajstić information content (AvgIpc) is 2.55. The number of carbonyl (C=O) groups is 1. The first kappa shape index (κ1) is 12.0. The number of aromatic nitrogens is 1. The van der Waals surface area contributed by atoms with Crippen LogP contribution in [0, 0.1) is 0 Å². The zero-order chi connectivity index (χ0) is 12.8. The molecular weight excluding hydrogens is 238 g/mol. The summed E-state index contributed by atoms with van der Waals surface area (Å²) in [5.41, 5.74) is 1.12. The molecule has 1 aromatic carbocycles. The summed E-state index contributed by atoms with van der Waals surface area (Å²) in [6.45, 7) is 6.23. The van der Waals surface area contributed by atoms with Crippen LogP contribution in [0.1, 0.15) is 31.1 Å². The Hall–Kier alpha value is -1.48. The lowest BCUT2D eigenvalue weighted by atomic mass is 10.1. The Morgan fingerprint density at radius 1 is 1.35 bits per heavy atom. The minimum absolute atomic E-state index is 0.0872. The highest BCUT2D eigenvalue weighted by Gasteiger charge is 2.18. The first-order chi connectivity index (χ1) is 7.80. The van der Waals surface area contributed by atoms with E-state index < -0.39 is 5.97 Å². The maximum atomic E-state index is 10.9. The summed E-state index contributed by atoms with van der Waals surface area (Å²) in [4.78, 5) is 10.9. The number of halogens is 1. The molecule has 0 saturated carbocycles. The molecule has 0 aliphatic carbocycles. The van der Waals surface area contributed by atoms with Crippen molar-refractivity contribution in [2.45, 2.75) is 26.3 Å². The number of nitrogens with zero attached hydrogens (tertiary/aromatic N) is 1. The molecule has 0 aliphatic rings. The second-order valence-corrected chi connectivity index (χ2v) is 5.46. The number of aromatic carboxylic acids is 1. The third-order valence-corrected chi connectivity index (χ3v) is 3.03. The molecular formula is C13H14ClNO2. The zero-order valence-electron chi connectivity index (χ0n) is 9.99. The highest BCUT2D eigenvalue weighted by Crippen LogP contribution is 2.31. The van der Waals surface area contributed by atoms with Crippen LogP contribution in [0.4, 0.5) is 0 Å². The minimum Gasteiger partial charge on any atom is -0.478 e. The summed E-state index contributed by atoms with van der Waals surface area (Å²) in [5.74, 6) is -0.938. The molecule has 0 radical (unpaired) electrons. The van der Waals surface area contributed by atoms with E-state index in [1.165, 1.54) is 0 Å². The number of carboxylic acids is 1. The highest BCUT2D eigenvalue weighted by molar-refractivity contribution is 6.35. The van der Waals surface area contributed by atoms with Crippen molar-refractivity contribution in [1.82, 2.24) is 4.57 Å². The molecule has 0 amide bonds. The quantitative estimate of drug-likeness (QED) is 0.839. The van der Waals surface area contributed by atoms with E-state index in [0.717, 1.165) is 10.9 Å². The van der Waals surface area contributed by atoms with Gasteiger partial charge in [-0.3, -0.25) is 0 Å². The molecule has 0 fully saturated rings. The van der Waals surface area contributed by atoms with E-state index in [9.17, 15) is 4.79 Å². The van der Waals surface area contributed by atoms with Gasteiger partial charge in [0.1, 0.15) is 0 Å². The molecule has 0 atom stereocenters. The maximum absolute atomic E-state index is 10.9. The minimum atomic E-state index is -0.938. The van der Waals surface area contributed by atoms with Crippen LogP contribution in [0.2, 0.25) is 5.02 Å². The van der Waals surface area contributed by atoms with Crippen LogP contribution >= 0.6 is 11.6 Å². The summed E-state index contributed by atoms with van der Waals surface area (Å²) >= 11 is 6.15. The van der Waals surface area contributed by atoms with E-state index >= 15 is 0 Å². The summed E-state index contributed by atoms with van der Waals surface area (Å²) in [6, 6.07) is 5.02. The van der Waals surface area contributed by atoms with Gasteiger partial charge in [0, 0.05) is 17.1 Å². The van der Waals surface area contributed by atoms with Crippen molar-refractivity contribution in [2.24, 2.45) is 0 Å². The van der Waals surface area contributed by atoms with Gasteiger partial charge < -0.3 is 9.67 Å². The Balaban J connectivity index is 2.74.